The number of ketones is 1. The molecule has 3 N–H and O–H groups in total. The Morgan fingerprint density at radius 1 is 1.26 bits per heavy atom. The molecule has 0 bridgehead atoms. The number of hydrogen-bond donors (Lipinski definition) is 3. The number of unbranched alkanes of at least 4 members (excludes halogenated alkanes) is 1. The fourth-order valence-corrected chi connectivity index (χ4v) is 3.04. The molecule has 2 rings (SSSR count). The van der Waals surface area contributed by atoms with Gasteiger partial charge in [0.05, 0.1) is 12.2 Å². The third-order valence-corrected chi connectivity index (χ3v) is 4.64. The number of halogens is 1. The van der Waals surface area contributed by atoms with E-state index in [0.717, 1.165) is 18.4 Å². The molecule has 1 aromatic rings. The molecule has 0 unspecified atom stereocenters. The molecular formula is C20H26ClN3O3. The number of benzene rings is 1. The topological polar surface area (TPSA) is 81.7 Å². The van der Waals surface area contributed by atoms with Gasteiger partial charge in [-0.3, -0.25) is 9.59 Å². The summed E-state index contributed by atoms with van der Waals surface area (Å²) in [5, 5.41) is 11.2. The summed E-state index contributed by atoms with van der Waals surface area (Å²) >= 11 is 6.02. The highest BCUT2D eigenvalue weighted by Crippen LogP contribution is 2.21. The highest BCUT2D eigenvalue weighted by molar-refractivity contribution is 6.30. The maximum Gasteiger partial charge on any atom is 0.254 e. The normalized spacial score (nSPS) is 20.9. The van der Waals surface area contributed by atoms with Crippen molar-refractivity contribution in [2.24, 2.45) is 0 Å². The molecule has 0 aliphatic carbocycles. The van der Waals surface area contributed by atoms with Crippen molar-refractivity contribution in [2.75, 3.05) is 13.2 Å². The highest BCUT2D eigenvalue weighted by atomic mass is 35.5. The quantitative estimate of drug-likeness (QED) is 0.693. The van der Waals surface area contributed by atoms with E-state index in [1.54, 1.807) is 18.2 Å². The smallest absolute Gasteiger partial charge is 0.254 e. The molecular weight excluding hydrogens is 366 g/mol. The number of carbonyl (C=O) groups excluding carboxylic acids is 2. The molecule has 1 heterocycles. The van der Waals surface area contributed by atoms with Gasteiger partial charge >= 0.3 is 0 Å². The number of Topliss-reactive ketones (excluding diaryl/α,β-unsaturated/α-hetero) is 1. The van der Waals surface area contributed by atoms with Crippen LogP contribution in [0.15, 0.2) is 47.4 Å². The summed E-state index contributed by atoms with van der Waals surface area (Å²) in [6.07, 6.45) is 3.75. The minimum Gasteiger partial charge on any atom is -0.504 e. The lowest BCUT2D eigenvalue weighted by Crippen LogP contribution is -2.44. The van der Waals surface area contributed by atoms with E-state index in [4.69, 9.17) is 11.6 Å². The van der Waals surface area contributed by atoms with E-state index in [2.05, 4.69) is 10.9 Å². The number of rotatable bonds is 6. The lowest BCUT2D eigenvalue weighted by molar-refractivity contribution is -0.128. The van der Waals surface area contributed by atoms with E-state index >= 15 is 0 Å². The Bertz CT molecular complexity index is 759. The Balaban J connectivity index is 2.39. The number of carbonyl (C=O) groups is 2. The molecule has 0 atom stereocenters. The zero-order valence-corrected chi connectivity index (χ0v) is 16.5. The van der Waals surface area contributed by atoms with Crippen LogP contribution in [-0.2, 0) is 16.0 Å². The van der Waals surface area contributed by atoms with Crippen molar-refractivity contribution in [3.05, 3.63) is 58.0 Å². The SMILES string of the molecule is CCCC/C1=C(/O)C(=O)/C(Cc2cccc(Cl)c2)=C\NNCN(CC)C1=O. The molecule has 6 nitrogen and oxygen atoms in total. The van der Waals surface area contributed by atoms with Gasteiger partial charge in [-0.1, -0.05) is 37.1 Å². The Kier molecular flexibility index (Phi) is 7.88. The molecule has 1 aromatic carbocycles. The molecule has 0 saturated carbocycles. The average Bonchev–Trinajstić information content (AvgIpc) is 2.66. The van der Waals surface area contributed by atoms with Crippen LogP contribution in [0.2, 0.25) is 5.02 Å². The average molecular weight is 392 g/mol. The molecule has 1 aliphatic heterocycles. The second-order valence-corrected chi connectivity index (χ2v) is 6.81. The van der Waals surface area contributed by atoms with Crippen LogP contribution in [-0.4, -0.2) is 34.9 Å². The third kappa shape index (κ3) is 5.58. The van der Waals surface area contributed by atoms with Gasteiger partial charge in [0.25, 0.3) is 5.91 Å². The van der Waals surface area contributed by atoms with Gasteiger partial charge in [-0.2, -0.15) is 0 Å². The first-order valence-electron chi connectivity index (χ1n) is 9.15. The summed E-state index contributed by atoms with van der Waals surface area (Å²) < 4.78 is 0. The maximum atomic E-state index is 12.9. The standard InChI is InChI=1S/C20H26ClN3O3/c1-3-5-9-17-19(26)18(25)15(10-14-7-6-8-16(21)11-14)12-22-23-13-24(4-2)20(17)27/h6-8,11-12,22-23,26H,3-5,9-10,13H2,1-2H3/b15-12-,19-17-. The molecule has 0 spiro atoms. The van der Waals surface area contributed by atoms with E-state index in [-0.39, 0.29) is 24.6 Å². The Hall–Kier alpha value is -2.31. The summed E-state index contributed by atoms with van der Waals surface area (Å²) in [6.45, 7) is 4.57. The molecule has 0 radical (unpaired) electrons. The second-order valence-electron chi connectivity index (χ2n) is 6.38. The van der Waals surface area contributed by atoms with E-state index in [1.165, 1.54) is 11.1 Å². The first-order chi connectivity index (χ1) is 13.0. The monoisotopic (exact) mass is 391 g/mol. The molecule has 0 fully saturated rings. The minimum atomic E-state index is -0.554. The van der Waals surface area contributed by atoms with E-state index in [9.17, 15) is 14.7 Å². The predicted molar refractivity (Wildman–Crippen MR) is 106 cm³/mol. The van der Waals surface area contributed by atoms with Gasteiger partial charge in [-0.25, -0.2) is 5.43 Å². The molecule has 0 aromatic heterocycles. The summed E-state index contributed by atoms with van der Waals surface area (Å²) in [6, 6.07) is 7.19. The molecule has 7 heteroatoms. The number of nitrogens with zero attached hydrogens (tertiary/aromatic N) is 1. The largest absolute Gasteiger partial charge is 0.504 e. The number of amides is 1. The van der Waals surface area contributed by atoms with Crippen LogP contribution >= 0.6 is 11.6 Å². The number of hydrogen-bond acceptors (Lipinski definition) is 5. The Morgan fingerprint density at radius 3 is 2.70 bits per heavy atom. The first-order valence-corrected chi connectivity index (χ1v) is 9.53. The van der Waals surface area contributed by atoms with Crippen molar-refractivity contribution in [3.63, 3.8) is 0 Å². The van der Waals surface area contributed by atoms with Crippen molar-refractivity contribution in [2.45, 2.75) is 39.5 Å². The number of allylic oxidation sites excluding steroid dienone is 1. The zero-order chi connectivity index (χ0) is 19.8. The van der Waals surface area contributed by atoms with Gasteiger partial charge in [0, 0.05) is 29.8 Å². The maximum absolute atomic E-state index is 12.9. The fraction of sp³-hybridized carbons (Fsp3) is 0.400. The molecule has 1 aliphatic rings. The van der Waals surface area contributed by atoms with Crippen LogP contribution in [0.1, 0.15) is 38.7 Å². The van der Waals surface area contributed by atoms with Gasteiger partial charge in [-0.05, 0) is 37.5 Å². The third-order valence-electron chi connectivity index (χ3n) is 4.40. The highest BCUT2D eigenvalue weighted by Gasteiger charge is 2.26. The van der Waals surface area contributed by atoms with E-state index < -0.39 is 11.5 Å². The van der Waals surface area contributed by atoms with Gasteiger partial charge in [0.2, 0.25) is 5.78 Å². The molecule has 146 valence electrons. The lowest BCUT2D eigenvalue weighted by atomic mass is 9.97. The second kappa shape index (κ2) is 10.1. The Morgan fingerprint density at radius 2 is 2.04 bits per heavy atom. The summed E-state index contributed by atoms with van der Waals surface area (Å²) in [5.74, 6) is -1.35. The van der Waals surface area contributed by atoms with Crippen molar-refractivity contribution in [1.29, 1.82) is 0 Å². The number of aliphatic hydroxyl groups is 1. The first kappa shape index (κ1) is 21.0. The van der Waals surface area contributed by atoms with E-state index in [1.807, 2.05) is 19.9 Å². The van der Waals surface area contributed by atoms with Crippen LogP contribution in [0.4, 0.5) is 0 Å². The number of likely N-dealkylation sites (N-methyl/N-ethyl adjacent to an activating group) is 1. The van der Waals surface area contributed by atoms with Crippen molar-refractivity contribution >= 4 is 23.3 Å². The number of aliphatic hydroxyl groups excluding tert-OH is 1. The van der Waals surface area contributed by atoms with Crippen molar-refractivity contribution < 1.29 is 14.7 Å². The fourth-order valence-electron chi connectivity index (χ4n) is 2.83. The summed E-state index contributed by atoms with van der Waals surface area (Å²) in [5.41, 5.74) is 7.11. The molecule has 0 saturated heterocycles. The van der Waals surface area contributed by atoms with Crippen LogP contribution in [0.25, 0.3) is 0 Å². The van der Waals surface area contributed by atoms with Crippen LogP contribution in [0, 0.1) is 0 Å². The predicted octanol–water partition coefficient (Wildman–Crippen LogP) is 3.25. The minimum absolute atomic E-state index is 0.171. The Labute approximate surface area is 164 Å². The number of hydrazine groups is 1. The van der Waals surface area contributed by atoms with Crippen LogP contribution in [0.3, 0.4) is 0 Å². The van der Waals surface area contributed by atoms with Crippen molar-refractivity contribution in [1.82, 2.24) is 15.8 Å². The van der Waals surface area contributed by atoms with Crippen molar-refractivity contribution in [3.8, 4) is 0 Å². The van der Waals surface area contributed by atoms with Gasteiger partial charge < -0.3 is 15.4 Å². The summed E-state index contributed by atoms with van der Waals surface area (Å²) in [7, 11) is 0. The van der Waals surface area contributed by atoms with E-state index in [0.29, 0.717) is 23.6 Å². The zero-order valence-electron chi connectivity index (χ0n) is 15.7. The summed E-state index contributed by atoms with van der Waals surface area (Å²) in [4.78, 5) is 27.3. The van der Waals surface area contributed by atoms with Crippen LogP contribution in [0.5, 0.6) is 0 Å². The lowest BCUT2D eigenvalue weighted by Gasteiger charge is -2.24. The number of nitrogens with one attached hydrogen (secondary N) is 2. The van der Waals surface area contributed by atoms with Gasteiger partial charge in [-0.15, -0.1) is 0 Å². The van der Waals surface area contributed by atoms with Gasteiger partial charge in [0.15, 0.2) is 5.76 Å². The van der Waals surface area contributed by atoms with Crippen LogP contribution < -0.4 is 10.9 Å². The molecule has 27 heavy (non-hydrogen) atoms. The molecule has 1 amide bonds. The van der Waals surface area contributed by atoms with Gasteiger partial charge in [0.1, 0.15) is 0 Å².